The van der Waals surface area contributed by atoms with Gasteiger partial charge in [0, 0.05) is 13.0 Å². The van der Waals surface area contributed by atoms with E-state index in [0.29, 0.717) is 19.8 Å². The average molecular weight is 309 g/mol. The highest BCUT2D eigenvalue weighted by Crippen LogP contribution is 2.26. The minimum Gasteiger partial charge on any atom is -0.354 e. The van der Waals surface area contributed by atoms with E-state index in [0.717, 1.165) is 12.8 Å². The Morgan fingerprint density at radius 3 is 2.40 bits per heavy atom. The van der Waals surface area contributed by atoms with Crippen LogP contribution in [0.3, 0.4) is 0 Å². The van der Waals surface area contributed by atoms with E-state index in [1.807, 2.05) is 20.8 Å². The fourth-order valence-corrected chi connectivity index (χ4v) is 2.28. The molecule has 0 aromatic heterocycles. The van der Waals surface area contributed by atoms with Crippen molar-refractivity contribution in [1.82, 2.24) is 5.32 Å². The van der Waals surface area contributed by atoms with E-state index in [1.165, 1.54) is 0 Å². The first-order valence-corrected chi connectivity index (χ1v) is 7.19. The molecule has 3 atom stereocenters. The van der Waals surface area contributed by atoms with Gasteiger partial charge in [0.15, 0.2) is 5.79 Å². The van der Waals surface area contributed by atoms with Gasteiger partial charge in [-0.1, -0.05) is 27.2 Å². The highest BCUT2D eigenvalue weighted by Gasteiger charge is 2.32. The van der Waals surface area contributed by atoms with Crippen LogP contribution in [-0.4, -0.2) is 37.5 Å². The molecule has 0 aromatic carbocycles. The predicted molar refractivity (Wildman–Crippen MR) is 81.8 cm³/mol. The highest BCUT2D eigenvalue weighted by molar-refractivity contribution is 5.85. The van der Waals surface area contributed by atoms with Gasteiger partial charge in [-0.15, -0.1) is 12.4 Å². The Hall–Kier alpha value is -0.360. The minimum atomic E-state index is -0.497. The second-order valence-electron chi connectivity index (χ2n) is 5.80. The summed E-state index contributed by atoms with van der Waals surface area (Å²) in [4.78, 5) is 11.9. The van der Waals surface area contributed by atoms with Crippen LogP contribution in [0.5, 0.6) is 0 Å². The standard InChI is InChI=1S/C14H28N2O3.ClH/c1-5-11(3)12(15)13(17)16-9-10(2)8-14(4)18-6-7-19-14;/h10-12H,5-9,15H2,1-4H3,(H,16,17);1H. The molecule has 20 heavy (non-hydrogen) atoms. The average Bonchev–Trinajstić information content (AvgIpc) is 2.80. The number of hydrogen-bond acceptors (Lipinski definition) is 4. The molecule has 1 saturated heterocycles. The summed E-state index contributed by atoms with van der Waals surface area (Å²) in [6.45, 7) is 9.95. The van der Waals surface area contributed by atoms with Crippen LogP contribution >= 0.6 is 12.4 Å². The van der Waals surface area contributed by atoms with Gasteiger partial charge in [0.25, 0.3) is 0 Å². The third kappa shape index (κ3) is 5.95. The van der Waals surface area contributed by atoms with Gasteiger partial charge in [-0.3, -0.25) is 4.79 Å². The zero-order valence-corrected chi connectivity index (χ0v) is 13.8. The van der Waals surface area contributed by atoms with E-state index in [-0.39, 0.29) is 30.2 Å². The number of ether oxygens (including phenoxy) is 2. The molecule has 1 amide bonds. The molecule has 1 heterocycles. The zero-order valence-electron chi connectivity index (χ0n) is 13.0. The Morgan fingerprint density at radius 2 is 1.90 bits per heavy atom. The Kier molecular flexibility index (Phi) is 8.66. The molecule has 1 aliphatic heterocycles. The molecule has 3 N–H and O–H groups in total. The molecule has 1 rings (SSSR count). The van der Waals surface area contributed by atoms with Gasteiger partial charge in [-0.25, -0.2) is 0 Å². The number of rotatable bonds is 7. The van der Waals surface area contributed by atoms with Crippen LogP contribution in [0.25, 0.3) is 0 Å². The van der Waals surface area contributed by atoms with Gasteiger partial charge in [0.2, 0.25) is 5.91 Å². The van der Waals surface area contributed by atoms with Crippen LogP contribution < -0.4 is 11.1 Å². The molecule has 0 aliphatic carbocycles. The van der Waals surface area contributed by atoms with E-state index < -0.39 is 11.8 Å². The van der Waals surface area contributed by atoms with Crippen molar-refractivity contribution in [2.24, 2.45) is 17.6 Å². The maximum absolute atomic E-state index is 11.9. The van der Waals surface area contributed by atoms with Crippen molar-refractivity contribution < 1.29 is 14.3 Å². The van der Waals surface area contributed by atoms with Crippen molar-refractivity contribution in [2.45, 2.75) is 52.4 Å². The smallest absolute Gasteiger partial charge is 0.237 e. The molecule has 0 aromatic rings. The summed E-state index contributed by atoms with van der Waals surface area (Å²) in [5.41, 5.74) is 5.89. The molecular formula is C14H29ClN2O3. The van der Waals surface area contributed by atoms with Gasteiger partial charge in [0.1, 0.15) is 0 Å². The van der Waals surface area contributed by atoms with Crippen molar-refractivity contribution >= 4 is 18.3 Å². The lowest BCUT2D eigenvalue weighted by atomic mass is 9.98. The third-order valence-electron chi connectivity index (χ3n) is 3.80. The van der Waals surface area contributed by atoms with Crippen molar-refractivity contribution in [3.05, 3.63) is 0 Å². The number of halogens is 1. The van der Waals surface area contributed by atoms with Crippen LogP contribution in [0.1, 0.15) is 40.5 Å². The van der Waals surface area contributed by atoms with Crippen LogP contribution in [0.4, 0.5) is 0 Å². The lowest BCUT2D eigenvalue weighted by Crippen LogP contribution is -2.46. The molecular weight excluding hydrogens is 280 g/mol. The Bertz CT molecular complexity index is 296. The van der Waals surface area contributed by atoms with E-state index >= 15 is 0 Å². The number of nitrogens with two attached hydrogens (primary N) is 1. The van der Waals surface area contributed by atoms with Crippen LogP contribution in [-0.2, 0) is 14.3 Å². The van der Waals surface area contributed by atoms with Crippen LogP contribution in [0, 0.1) is 11.8 Å². The predicted octanol–water partition coefficient (Wildman–Crippen LogP) is 1.69. The maximum Gasteiger partial charge on any atom is 0.237 e. The molecule has 1 fully saturated rings. The zero-order chi connectivity index (χ0) is 14.5. The van der Waals surface area contributed by atoms with Crippen LogP contribution in [0.15, 0.2) is 0 Å². The van der Waals surface area contributed by atoms with E-state index in [4.69, 9.17) is 15.2 Å². The van der Waals surface area contributed by atoms with Gasteiger partial charge in [0.05, 0.1) is 19.3 Å². The summed E-state index contributed by atoms with van der Waals surface area (Å²) in [5.74, 6) is -0.0756. The van der Waals surface area contributed by atoms with E-state index in [2.05, 4.69) is 12.2 Å². The van der Waals surface area contributed by atoms with Crippen LogP contribution in [0.2, 0.25) is 0 Å². The van der Waals surface area contributed by atoms with Crippen molar-refractivity contribution in [1.29, 1.82) is 0 Å². The highest BCUT2D eigenvalue weighted by atomic mass is 35.5. The minimum absolute atomic E-state index is 0. The fraction of sp³-hybridized carbons (Fsp3) is 0.929. The second kappa shape index (κ2) is 8.82. The number of nitrogens with one attached hydrogen (secondary N) is 1. The Morgan fingerprint density at radius 1 is 1.35 bits per heavy atom. The third-order valence-corrected chi connectivity index (χ3v) is 3.80. The molecule has 120 valence electrons. The molecule has 0 radical (unpaired) electrons. The number of hydrogen-bond donors (Lipinski definition) is 2. The van der Waals surface area contributed by atoms with Gasteiger partial charge in [-0.05, 0) is 18.8 Å². The van der Waals surface area contributed by atoms with Gasteiger partial charge < -0.3 is 20.5 Å². The molecule has 0 spiro atoms. The SMILES string of the molecule is CCC(C)C(N)C(=O)NCC(C)CC1(C)OCCO1.Cl. The lowest BCUT2D eigenvalue weighted by molar-refractivity contribution is -0.154. The molecule has 1 aliphatic rings. The Balaban J connectivity index is 0.00000361. The molecule has 6 heteroatoms. The molecule has 3 unspecified atom stereocenters. The van der Waals surface area contributed by atoms with Gasteiger partial charge in [-0.2, -0.15) is 0 Å². The van der Waals surface area contributed by atoms with Crippen molar-refractivity contribution in [2.75, 3.05) is 19.8 Å². The van der Waals surface area contributed by atoms with Crippen molar-refractivity contribution in [3.63, 3.8) is 0 Å². The largest absolute Gasteiger partial charge is 0.354 e. The summed E-state index contributed by atoms with van der Waals surface area (Å²) in [6, 6.07) is -0.424. The summed E-state index contributed by atoms with van der Waals surface area (Å²) in [5, 5.41) is 2.91. The maximum atomic E-state index is 11.9. The second-order valence-corrected chi connectivity index (χ2v) is 5.80. The fourth-order valence-electron chi connectivity index (χ4n) is 2.28. The van der Waals surface area contributed by atoms with E-state index in [9.17, 15) is 4.79 Å². The lowest BCUT2D eigenvalue weighted by Gasteiger charge is -2.26. The summed E-state index contributed by atoms with van der Waals surface area (Å²) < 4.78 is 11.1. The first kappa shape index (κ1) is 19.6. The van der Waals surface area contributed by atoms with E-state index in [1.54, 1.807) is 0 Å². The first-order valence-electron chi connectivity index (χ1n) is 7.19. The molecule has 0 bridgehead atoms. The molecule has 0 saturated carbocycles. The topological polar surface area (TPSA) is 73.6 Å². The summed E-state index contributed by atoms with van der Waals surface area (Å²) in [6.07, 6.45) is 1.68. The van der Waals surface area contributed by atoms with Gasteiger partial charge >= 0.3 is 0 Å². The number of carbonyl (C=O) groups excluding carboxylic acids is 1. The summed E-state index contributed by atoms with van der Waals surface area (Å²) >= 11 is 0. The quantitative estimate of drug-likeness (QED) is 0.750. The monoisotopic (exact) mass is 308 g/mol. The number of amides is 1. The summed E-state index contributed by atoms with van der Waals surface area (Å²) in [7, 11) is 0. The number of carbonyl (C=O) groups is 1. The normalized spacial score (nSPS) is 21.6. The first-order chi connectivity index (χ1) is 8.88. The molecule has 5 nitrogen and oxygen atoms in total. The van der Waals surface area contributed by atoms with Crippen molar-refractivity contribution in [3.8, 4) is 0 Å². The Labute approximate surface area is 128 Å².